The van der Waals surface area contributed by atoms with Gasteiger partial charge in [0, 0.05) is 7.05 Å². The van der Waals surface area contributed by atoms with Gasteiger partial charge in [0.1, 0.15) is 24.2 Å². The number of rotatable bonds is 11. The van der Waals surface area contributed by atoms with Crippen molar-refractivity contribution >= 4 is 41.4 Å². The quantitative estimate of drug-likeness (QED) is 0.214. The summed E-state index contributed by atoms with van der Waals surface area (Å²) in [6, 6.07) is 7.31. The van der Waals surface area contributed by atoms with Crippen LogP contribution >= 0.6 is 6.64 Å². The smallest absolute Gasteiger partial charge is 0.323 e. The Bertz CT molecular complexity index is 1450. The second kappa shape index (κ2) is 11.8. The maximum absolute atomic E-state index is 16.3. The molecule has 1 aliphatic heterocycles. The minimum absolute atomic E-state index is 0.171. The molecule has 3 aromatic rings. The van der Waals surface area contributed by atoms with E-state index in [1.165, 1.54) is 17.8 Å². The first-order chi connectivity index (χ1) is 19.2. The first-order valence-electron chi connectivity index (χ1n) is 12.8. The molecule has 0 spiro atoms. The van der Waals surface area contributed by atoms with E-state index >= 15 is 8.78 Å². The number of carbonyl (C=O) groups excluding carboxylic acids is 1. The average Bonchev–Trinajstić information content (AvgIpc) is 3.39. The van der Waals surface area contributed by atoms with Gasteiger partial charge in [-0.1, -0.05) is 18.2 Å². The number of aromatic nitrogens is 4. The molecule has 41 heavy (non-hydrogen) atoms. The summed E-state index contributed by atoms with van der Waals surface area (Å²) in [5, 5.41) is 16.5. The number of ether oxygens (including phenoxy) is 2. The number of anilines is 1. The van der Waals surface area contributed by atoms with E-state index in [2.05, 4.69) is 25.4 Å². The molecule has 3 N–H and O–H groups in total. The molecule has 0 amide bonds. The molecule has 0 radical (unpaired) electrons. The van der Waals surface area contributed by atoms with E-state index in [9.17, 15) is 9.90 Å². The number of aryl methyl sites for hydroxylation is 1. The third-order valence-electron chi connectivity index (χ3n) is 6.21. The van der Waals surface area contributed by atoms with E-state index < -0.39 is 55.2 Å². The zero-order valence-electron chi connectivity index (χ0n) is 23.4. The van der Waals surface area contributed by atoms with Crippen molar-refractivity contribution in [1.29, 1.82) is 0 Å². The van der Waals surface area contributed by atoms with Crippen molar-refractivity contribution in [2.75, 3.05) is 19.0 Å². The summed E-state index contributed by atoms with van der Waals surface area (Å²) in [5.74, 6) is -2.69. The third kappa shape index (κ3) is 6.50. The number of hydrogen-bond donors (Lipinski definition) is 3. The summed E-state index contributed by atoms with van der Waals surface area (Å²) in [7, 11) is 1.64. The van der Waals surface area contributed by atoms with Crippen LogP contribution in [-0.2, 0) is 30.6 Å². The number of nitrogens with one attached hydrogen (secondary N) is 2. The van der Waals surface area contributed by atoms with Crippen LogP contribution in [-0.4, -0.2) is 74.0 Å². The first kappa shape index (κ1) is 31.1. The molecule has 1 aromatic carbocycles. The lowest BCUT2D eigenvalue weighted by Gasteiger charge is -2.30. The highest BCUT2D eigenvalue weighted by Crippen LogP contribution is 2.52. The Labute approximate surface area is 241 Å². The van der Waals surface area contributed by atoms with Gasteiger partial charge in [-0.3, -0.25) is 9.36 Å². The van der Waals surface area contributed by atoms with Crippen molar-refractivity contribution in [2.45, 2.75) is 70.6 Å². The number of aliphatic hydroxyl groups excluding tert-OH is 1. The normalized spacial score (nSPS) is 26.6. The Hall–Kier alpha value is -2.81. The van der Waals surface area contributed by atoms with Crippen molar-refractivity contribution in [3.63, 3.8) is 0 Å². The van der Waals surface area contributed by atoms with Gasteiger partial charge < -0.3 is 28.9 Å². The molecule has 0 aliphatic carbocycles. The van der Waals surface area contributed by atoms with Crippen molar-refractivity contribution in [2.24, 2.45) is 0 Å². The molecule has 2 aromatic heterocycles. The molecule has 1 fully saturated rings. The molecule has 0 bridgehead atoms. The van der Waals surface area contributed by atoms with Crippen LogP contribution in [0.25, 0.3) is 11.2 Å². The summed E-state index contributed by atoms with van der Waals surface area (Å²) in [5.41, 5.74) is -2.18. The zero-order valence-corrected chi connectivity index (χ0v) is 25.1. The minimum Gasteiger partial charge on any atom is -0.462 e. The van der Waals surface area contributed by atoms with Gasteiger partial charge in [-0.25, -0.2) is 28.8 Å². The number of esters is 1. The standard InChI is InChI=1S/C25H33F2N6O6PS/c1-14(2)37-21(34)15(3)32-40(41,39-17-10-8-7-9-11-17)36-12-25(27)22(35)24(5,26)23(38-25)33-13-29-18-19(28-6)30-16(4)31-20(18)33/h7-11,13-15,22-23,35H,12H2,1-6H3,(H,32,41)(H,28,30,31)/t15-,22-,23+,24+,25+,40?/m0/s1. The SMILES string of the molecule is CNc1nc(C)nc2c1ncn2[C@@H]1O[C@](F)(COP(=S)(N[C@@H](C)C(=O)OC(C)C)Oc2ccccc2)[C@@H](O)[C@@]1(C)F. The molecular formula is C25H33F2N6O6PS. The van der Waals surface area contributed by atoms with Gasteiger partial charge in [0.2, 0.25) is 0 Å². The van der Waals surface area contributed by atoms with Crippen LogP contribution in [0.15, 0.2) is 36.7 Å². The summed E-state index contributed by atoms with van der Waals surface area (Å²) in [4.78, 5) is 25.2. The van der Waals surface area contributed by atoms with E-state index in [-0.39, 0.29) is 11.4 Å². The Morgan fingerprint density at radius 1 is 1.27 bits per heavy atom. The number of aliphatic hydroxyl groups is 1. The largest absolute Gasteiger partial charge is 0.462 e. The van der Waals surface area contributed by atoms with Crippen LogP contribution in [0.2, 0.25) is 0 Å². The summed E-state index contributed by atoms with van der Waals surface area (Å²) in [6.07, 6.45) is -3.16. The monoisotopic (exact) mass is 614 g/mol. The molecule has 224 valence electrons. The third-order valence-corrected chi connectivity index (χ3v) is 8.69. The van der Waals surface area contributed by atoms with E-state index in [1.54, 1.807) is 58.2 Å². The van der Waals surface area contributed by atoms with Crippen molar-refractivity contribution in [3.8, 4) is 5.75 Å². The van der Waals surface area contributed by atoms with Crippen molar-refractivity contribution < 1.29 is 37.2 Å². The highest BCUT2D eigenvalue weighted by molar-refractivity contribution is 8.09. The second-order valence-electron chi connectivity index (χ2n) is 10.0. The summed E-state index contributed by atoms with van der Waals surface area (Å²) < 4.78 is 55.8. The number of para-hydroxylation sites is 1. The maximum atomic E-state index is 16.3. The van der Waals surface area contributed by atoms with Gasteiger partial charge in [-0.05, 0) is 58.6 Å². The molecule has 1 aliphatic rings. The van der Waals surface area contributed by atoms with Gasteiger partial charge in [0.25, 0.3) is 5.85 Å². The minimum atomic E-state index is -3.71. The van der Waals surface area contributed by atoms with E-state index in [0.29, 0.717) is 17.2 Å². The fraction of sp³-hybridized carbons (Fsp3) is 0.520. The molecule has 12 nitrogen and oxygen atoms in total. The number of nitrogens with zero attached hydrogens (tertiary/aromatic N) is 4. The van der Waals surface area contributed by atoms with Crippen molar-refractivity contribution in [1.82, 2.24) is 24.6 Å². The van der Waals surface area contributed by atoms with E-state index in [0.717, 1.165) is 6.92 Å². The molecule has 6 atom stereocenters. The number of halogens is 2. The molecule has 3 heterocycles. The van der Waals surface area contributed by atoms with Crippen LogP contribution in [0.4, 0.5) is 14.6 Å². The number of alkyl halides is 2. The van der Waals surface area contributed by atoms with E-state index in [1.807, 2.05) is 0 Å². The molecule has 0 saturated carbocycles. The highest BCUT2D eigenvalue weighted by Gasteiger charge is 2.65. The van der Waals surface area contributed by atoms with Crippen LogP contribution in [0.5, 0.6) is 5.75 Å². The molecule has 16 heteroatoms. The fourth-order valence-corrected chi connectivity index (χ4v) is 6.64. The van der Waals surface area contributed by atoms with Crippen molar-refractivity contribution in [3.05, 3.63) is 42.5 Å². The Balaban J connectivity index is 1.61. The Morgan fingerprint density at radius 3 is 2.59 bits per heavy atom. The van der Waals surface area contributed by atoms with Gasteiger partial charge in [0.15, 0.2) is 35.0 Å². The number of hydrogen-bond acceptors (Lipinski definition) is 11. The van der Waals surface area contributed by atoms with Crippen LogP contribution in [0.3, 0.4) is 0 Å². The van der Waals surface area contributed by atoms with Gasteiger partial charge in [-0.2, -0.15) is 0 Å². The average molecular weight is 615 g/mol. The predicted octanol–water partition coefficient (Wildman–Crippen LogP) is 3.71. The summed E-state index contributed by atoms with van der Waals surface area (Å²) >= 11 is 5.60. The lowest BCUT2D eigenvalue weighted by Crippen LogP contribution is -2.47. The number of imidazole rings is 1. The van der Waals surface area contributed by atoms with Gasteiger partial charge in [-0.15, -0.1) is 0 Å². The Kier molecular flexibility index (Phi) is 8.98. The number of fused-ring (bicyclic) bond motifs is 1. The summed E-state index contributed by atoms with van der Waals surface area (Å²) in [6.45, 7) is 2.74. The molecular weight excluding hydrogens is 581 g/mol. The van der Waals surface area contributed by atoms with Crippen LogP contribution < -0.4 is 14.9 Å². The van der Waals surface area contributed by atoms with E-state index in [4.69, 9.17) is 30.3 Å². The predicted molar refractivity (Wildman–Crippen MR) is 150 cm³/mol. The lowest BCUT2D eigenvalue weighted by atomic mass is 9.97. The molecule has 4 rings (SSSR count). The fourth-order valence-electron chi connectivity index (χ4n) is 4.24. The second-order valence-corrected chi connectivity index (χ2v) is 13.2. The Morgan fingerprint density at radius 2 is 1.95 bits per heavy atom. The van der Waals surface area contributed by atoms with Crippen LogP contribution in [0.1, 0.15) is 39.7 Å². The molecule has 1 saturated heterocycles. The molecule has 1 unspecified atom stereocenters. The number of benzene rings is 1. The van der Waals surface area contributed by atoms with Gasteiger partial charge in [0.05, 0.1) is 12.4 Å². The number of carbonyl (C=O) groups is 1. The zero-order chi connectivity index (χ0) is 30.2. The highest BCUT2D eigenvalue weighted by atomic mass is 32.5. The topological polar surface area (TPSA) is 142 Å². The van der Waals surface area contributed by atoms with Crippen LogP contribution in [0, 0.1) is 6.92 Å². The van der Waals surface area contributed by atoms with Gasteiger partial charge >= 0.3 is 12.6 Å². The lowest BCUT2D eigenvalue weighted by molar-refractivity contribution is -0.202. The maximum Gasteiger partial charge on any atom is 0.323 e. The first-order valence-corrected chi connectivity index (χ1v) is 15.4.